The summed E-state index contributed by atoms with van der Waals surface area (Å²) in [7, 11) is 0. The third-order valence-corrected chi connectivity index (χ3v) is 4.15. The van der Waals surface area contributed by atoms with E-state index < -0.39 is 23.1 Å². The van der Waals surface area contributed by atoms with Crippen LogP contribution in [0.25, 0.3) is 0 Å². The van der Waals surface area contributed by atoms with E-state index in [9.17, 15) is 22.8 Å². The van der Waals surface area contributed by atoms with Crippen LogP contribution >= 0.6 is 0 Å². The van der Waals surface area contributed by atoms with E-state index in [4.69, 9.17) is 6.42 Å². The summed E-state index contributed by atoms with van der Waals surface area (Å²) >= 11 is 0. The molecule has 0 saturated heterocycles. The van der Waals surface area contributed by atoms with E-state index in [-0.39, 0.29) is 31.2 Å². The highest BCUT2D eigenvalue weighted by atomic mass is 19.4. The first-order chi connectivity index (χ1) is 11.9. The smallest absolute Gasteiger partial charge is 0.322 e. The van der Waals surface area contributed by atoms with E-state index >= 15 is 0 Å². The molecule has 1 heterocycles. The Morgan fingerprint density at radius 3 is 2.46 bits per heavy atom. The third kappa shape index (κ3) is 4.18. The molecular weight excluding hydrogens is 345 g/mol. The fraction of sp³-hybridized carbons (Fsp3) is 0.474. The van der Waals surface area contributed by atoms with Gasteiger partial charge in [0.25, 0.3) is 0 Å². The Morgan fingerprint density at radius 1 is 1.27 bits per heavy atom. The second-order valence-corrected chi connectivity index (χ2v) is 7.25. The number of carbonyl (C=O) groups excluding carboxylic acids is 2. The van der Waals surface area contributed by atoms with Crippen molar-refractivity contribution in [1.29, 1.82) is 0 Å². The van der Waals surface area contributed by atoms with E-state index in [1.807, 2.05) is 0 Å². The van der Waals surface area contributed by atoms with E-state index in [0.717, 1.165) is 12.1 Å². The van der Waals surface area contributed by atoms with Gasteiger partial charge >= 0.3 is 6.18 Å². The van der Waals surface area contributed by atoms with Gasteiger partial charge in [0.05, 0.1) is 12.1 Å². The molecule has 0 fully saturated rings. The summed E-state index contributed by atoms with van der Waals surface area (Å²) in [5, 5.41) is 0. The van der Waals surface area contributed by atoms with Gasteiger partial charge in [-0.25, -0.2) is 0 Å². The number of benzene rings is 1. The molecule has 140 valence electrons. The van der Waals surface area contributed by atoms with Gasteiger partial charge in [-0.05, 0) is 24.1 Å². The van der Waals surface area contributed by atoms with Gasteiger partial charge in [-0.1, -0.05) is 32.8 Å². The Kier molecular flexibility index (Phi) is 5.36. The standard InChI is InChI=1S/C19H21F3N2O2/c1-5-9-23(17(26)18(2,3)4)12-16(25)24-10-8-13-6-7-14(11-15(13)24)19(20,21)22/h1,6-7,11H,8-10,12H2,2-4H3. The fourth-order valence-corrected chi connectivity index (χ4v) is 2.85. The van der Waals surface area contributed by atoms with Crippen molar-refractivity contribution in [3.8, 4) is 12.3 Å². The number of hydrogen-bond donors (Lipinski definition) is 0. The molecular formula is C19H21F3N2O2. The zero-order valence-corrected chi connectivity index (χ0v) is 15.0. The van der Waals surface area contributed by atoms with E-state index in [1.165, 1.54) is 15.9 Å². The molecule has 1 aliphatic heterocycles. The Morgan fingerprint density at radius 2 is 1.92 bits per heavy atom. The Balaban J connectivity index is 2.24. The minimum absolute atomic E-state index is 0.0366. The van der Waals surface area contributed by atoms with Gasteiger partial charge in [-0.15, -0.1) is 6.42 Å². The number of terminal acetylenes is 1. The molecule has 0 bridgehead atoms. The molecule has 2 rings (SSSR count). The van der Waals surface area contributed by atoms with Crippen LogP contribution in [0.1, 0.15) is 31.9 Å². The number of carbonyl (C=O) groups is 2. The summed E-state index contributed by atoms with van der Waals surface area (Å²) in [6, 6.07) is 3.39. The van der Waals surface area contributed by atoms with Gasteiger partial charge in [0, 0.05) is 17.6 Å². The van der Waals surface area contributed by atoms with E-state index in [0.29, 0.717) is 12.0 Å². The van der Waals surface area contributed by atoms with Crippen molar-refractivity contribution in [1.82, 2.24) is 4.90 Å². The number of rotatable bonds is 3. The highest BCUT2D eigenvalue weighted by Gasteiger charge is 2.35. The Bertz CT molecular complexity index is 758. The summed E-state index contributed by atoms with van der Waals surface area (Å²) in [4.78, 5) is 27.7. The monoisotopic (exact) mass is 366 g/mol. The zero-order chi connectivity index (χ0) is 19.7. The maximum Gasteiger partial charge on any atom is 0.416 e. The van der Waals surface area contributed by atoms with Crippen molar-refractivity contribution in [2.24, 2.45) is 5.41 Å². The van der Waals surface area contributed by atoms with E-state index in [2.05, 4.69) is 5.92 Å². The lowest BCUT2D eigenvalue weighted by Crippen LogP contribution is -2.46. The van der Waals surface area contributed by atoms with Crippen LogP contribution in [0.4, 0.5) is 18.9 Å². The first-order valence-corrected chi connectivity index (χ1v) is 8.18. The number of fused-ring (bicyclic) bond motifs is 1. The van der Waals surface area contributed by atoms with Crippen molar-refractivity contribution >= 4 is 17.5 Å². The van der Waals surface area contributed by atoms with Crippen LogP contribution in [0.3, 0.4) is 0 Å². The van der Waals surface area contributed by atoms with Crippen molar-refractivity contribution in [2.45, 2.75) is 33.4 Å². The number of anilines is 1. The number of hydrogen-bond acceptors (Lipinski definition) is 2. The number of alkyl halides is 3. The molecule has 0 N–H and O–H groups in total. The third-order valence-electron chi connectivity index (χ3n) is 4.15. The largest absolute Gasteiger partial charge is 0.416 e. The van der Waals surface area contributed by atoms with Crippen LogP contribution in [-0.4, -0.2) is 36.3 Å². The second kappa shape index (κ2) is 7.02. The molecule has 0 aliphatic carbocycles. The van der Waals surface area contributed by atoms with Crippen LogP contribution in [0, 0.1) is 17.8 Å². The van der Waals surface area contributed by atoms with Crippen LogP contribution in [0.15, 0.2) is 18.2 Å². The highest BCUT2D eigenvalue weighted by Crippen LogP contribution is 2.36. The van der Waals surface area contributed by atoms with Crippen molar-refractivity contribution in [3.63, 3.8) is 0 Å². The second-order valence-electron chi connectivity index (χ2n) is 7.25. The lowest BCUT2D eigenvalue weighted by molar-refractivity contribution is -0.141. The van der Waals surface area contributed by atoms with Gasteiger partial charge in [-0.2, -0.15) is 13.2 Å². The average molecular weight is 366 g/mol. The van der Waals surface area contributed by atoms with Crippen LogP contribution in [0.5, 0.6) is 0 Å². The zero-order valence-electron chi connectivity index (χ0n) is 15.0. The molecule has 7 heteroatoms. The molecule has 0 radical (unpaired) electrons. The molecule has 1 aliphatic rings. The van der Waals surface area contributed by atoms with E-state index in [1.54, 1.807) is 20.8 Å². The van der Waals surface area contributed by atoms with Gasteiger partial charge in [-0.3, -0.25) is 9.59 Å². The topological polar surface area (TPSA) is 40.6 Å². The normalized spacial score (nSPS) is 14.0. The minimum atomic E-state index is -4.48. The van der Waals surface area contributed by atoms with Gasteiger partial charge in [0.1, 0.15) is 6.54 Å². The lowest BCUT2D eigenvalue weighted by Gasteiger charge is -2.29. The number of nitrogens with zero attached hydrogens (tertiary/aromatic N) is 2. The first kappa shape index (κ1) is 19.8. The van der Waals surface area contributed by atoms with Crippen molar-refractivity contribution in [2.75, 3.05) is 24.5 Å². The fourth-order valence-electron chi connectivity index (χ4n) is 2.85. The summed E-state index contributed by atoms with van der Waals surface area (Å²) in [6.45, 7) is 5.11. The first-order valence-electron chi connectivity index (χ1n) is 8.18. The van der Waals surface area contributed by atoms with Gasteiger partial charge < -0.3 is 9.80 Å². The highest BCUT2D eigenvalue weighted by molar-refractivity contribution is 5.99. The van der Waals surface area contributed by atoms with Crippen molar-refractivity contribution < 1.29 is 22.8 Å². The molecule has 0 saturated carbocycles. The summed E-state index contributed by atoms with van der Waals surface area (Å²) in [5.41, 5.74) is -0.600. The van der Waals surface area contributed by atoms with Crippen LogP contribution in [0.2, 0.25) is 0 Å². The quantitative estimate of drug-likeness (QED) is 0.772. The molecule has 1 aromatic carbocycles. The summed E-state index contributed by atoms with van der Waals surface area (Å²) < 4.78 is 38.9. The predicted octanol–water partition coefficient (Wildman–Crippen LogP) is 3.10. The molecule has 4 nitrogen and oxygen atoms in total. The SMILES string of the molecule is C#CCN(CC(=O)N1CCc2ccc(C(F)(F)F)cc21)C(=O)C(C)(C)C. The maximum atomic E-state index is 13.0. The number of amides is 2. The minimum Gasteiger partial charge on any atom is -0.322 e. The van der Waals surface area contributed by atoms with Crippen molar-refractivity contribution in [3.05, 3.63) is 29.3 Å². The molecule has 0 spiro atoms. The molecule has 0 aromatic heterocycles. The van der Waals surface area contributed by atoms with Gasteiger partial charge in [0.2, 0.25) is 11.8 Å². The lowest BCUT2D eigenvalue weighted by atomic mass is 9.94. The Hall–Kier alpha value is -2.49. The predicted molar refractivity (Wildman–Crippen MR) is 92.4 cm³/mol. The summed E-state index contributed by atoms with van der Waals surface area (Å²) in [6.07, 6.45) is 1.28. The van der Waals surface area contributed by atoms with Gasteiger partial charge in [0.15, 0.2) is 0 Å². The molecule has 0 atom stereocenters. The average Bonchev–Trinajstić information content (AvgIpc) is 2.95. The Labute approximate surface area is 151 Å². The summed E-state index contributed by atoms with van der Waals surface area (Å²) in [5.74, 6) is 1.62. The van der Waals surface area contributed by atoms with Crippen LogP contribution < -0.4 is 4.90 Å². The molecule has 1 aromatic rings. The maximum absolute atomic E-state index is 13.0. The molecule has 2 amide bonds. The molecule has 26 heavy (non-hydrogen) atoms. The van der Waals surface area contributed by atoms with Crippen LogP contribution in [-0.2, 0) is 22.2 Å². The molecule has 0 unspecified atom stereocenters. The number of halogens is 3.